The Labute approximate surface area is 352 Å². The Balaban J connectivity index is 0.810. The fourth-order valence-corrected chi connectivity index (χ4v) is 13.7. The maximum atomic E-state index is 13.6. The van der Waals surface area contributed by atoms with E-state index in [4.69, 9.17) is 9.47 Å². The number of aliphatic hydroxyl groups is 6. The lowest BCUT2D eigenvalue weighted by Crippen LogP contribution is -2.59. The molecule has 0 radical (unpaired) electrons. The van der Waals surface area contributed by atoms with Crippen LogP contribution in [-0.2, 0) is 16.0 Å². The van der Waals surface area contributed by atoms with E-state index in [-0.39, 0.29) is 0 Å². The van der Waals surface area contributed by atoms with Gasteiger partial charge in [0.25, 0.3) is 0 Å². The lowest BCUT2D eigenvalue weighted by Gasteiger charge is -2.48. The second-order valence-electron chi connectivity index (χ2n) is 20.0. The van der Waals surface area contributed by atoms with Crippen molar-refractivity contribution in [3.63, 3.8) is 0 Å². The van der Waals surface area contributed by atoms with Crippen molar-refractivity contribution in [2.45, 2.75) is 217 Å². The van der Waals surface area contributed by atoms with E-state index in [1.807, 2.05) is 0 Å². The first kappa shape index (κ1) is 45.6. The Bertz CT molecular complexity index is 1450. The van der Waals surface area contributed by atoms with Crippen molar-refractivity contribution < 1.29 is 40.1 Å². The molecule has 59 heavy (non-hydrogen) atoms. The van der Waals surface area contributed by atoms with Crippen LogP contribution in [0.3, 0.4) is 0 Å². The van der Waals surface area contributed by atoms with Gasteiger partial charge in [-0.2, -0.15) is 9.36 Å². The third-order valence-corrected chi connectivity index (χ3v) is 16.5. The number of fused-ring (bicyclic) bond motifs is 2. The molecule has 6 N–H and O–H groups in total. The molecule has 17 atom stereocenters. The molecule has 13 nitrogen and oxygen atoms in total. The maximum absolute atomic E-state index is 13.6. The van der Waals surface area contributed by atoms with E-state index < -0.39 is 67.9 Å². The fraction of sp³-hybridized carbons (Fsp3) is 0.978. The quantitative estimate of drug-likeness (QED) is 0.0517. The summed E-state index contributed by atoms with van der Waals surface area (Å²) in [6, 6.07) is -1.17. The van der Waals surface area contributed by atoms with Crippen LogP contribution in [0.4, 0.5) is 0 Å². The van der Waals surface area contributed by atoms with E-state index >= 15 is 0 Å². The Hall–Kier alpha value is -1.45. The van der Waals surface area contributed by atoms with Gasteiger partial charge in [-0.15, -0.1) is 0 Å². The zero-order chi connectivity index (χ0) is 41.5. The highest BCUT2D eigenvalue weighted by Gasteiger charge is 2.79. The number of aryl methyl sites for hydroxylation is 1. The first-order valence-electron chi connectivity index (χ1n) is 24.6. The first-order chi connectivity index (χ1) is 28.8. The molecule has 1 saturated heterocycles. The van der Waals surface area contributed by atoms with Crippen molar-refractivity contribution >= 4 is 0 Å². The molecular formula is C46H80N4O9. The van der Waals surface area contributed by atoms with E-state index in [2.05, 4.69) is 17.4 Å². The Morgan fingerprint density at radius 3 is 1.90 bits per heavy atom. The summed E-state index contributed by atoms with van der Waals surface area (Å²) in [4.78, 5) is 13.6. The zero-order valence-electron chi connectivity index (χ0n) is 36.1. The summed E-state index contributed by atoms with van der Waals surface area (Å²) in [7, 11) is 0. The molecule has 1 aliphatic heterocycles. The molecule has 2 heterocycles. The monoisotopic (exact) mass is 833 g/mol. The predicted molar refractivity (Wildman–Crippen MR) is 223 cm³/mol. The van der Waals surface area contributed by atoms with Gasteiger partial charge < -0.3 is 40.1 Å². The van der Waals surface area contributed by atoms with Gasteiger partial charge in [-0.3, -0.25) is 0 Å². The van der Waals surface area contributed by atoms with Gasteiger partial charge in [0.15, 0.2) is 6.29 Å². The molecule has 2 bridgehead atoms. The molecule has 0 spiro atoms. The van der Waals surface area contributed by atoms with Crippen molar-refractivity contribution in [2.75, 3.05) is 13.2 Å². The Morgan fingerprint density at radius 2 is 1.25 bits per heavy atom. The van der Waals surface area contributed by atoms with Gasteiger partial charge in [-0.1, -0.05) is 129 Å². The Morgan fingerprint density at radius 1 is 0.678 bits per heavy atom. The number of hydrogen-bond acceptors (Lipinski definition) is 11. The summed E-state index contributed by atoms with van der Waals surface area (Å²) >= 11 is 0. The van der Waals surface area contributed by atoms with Gasteiger partial charge in [-0.25, -0.2) is 4.79 Å². The van der Waals surface area contributed by atoms with Crippen LogP contribution in [-0.4, -0.2) is 107 Å². The molecule has 6 fully saturated rings. The largest absolute Gasteiger partial charge is 0.394 e. The minimum atomic E-state index is -1.65. The molecule has 338 valence electrons. The number of aromatic nitrogens is 4. The third kappa shape index (κ3) is 10.0. The van der Waals surface area contributed by atoms with Crippen LogP contribution in [0.2, 0.25) is 0 Å². The number of unbranched alkanes of at least 4 members (excludes halogenated alkanes) is 18. The van der Waals surface area contributed by atoms with Gasteiger partial charge in [0.1, 0.15) is 36.6 Å². The lowest BCUT2D eigenvalue weighted by atomic mass is 9.57. The Kier molecular flexibility index (Phi) is 16.8. The molecular weight excluding hydrogens is 753 g/mol. The van der Waals surface area contributed by atoms with Gasteiger partial charge in [0.2, 0.25) is 0 Å². The molecule has 1 aromatic heterocycles. The van der Waals surface area contributed by atoms with Crippen LogP contribution in [0.15, 0.2) is 4.79 Å². The molecule has 5 aliphatic carbocycles. The van der Waals surface area contributed by atoms with E-state index in [9.17, 15) is 35.4 Å². The normalized spacial score (nSPS) is 36.5. The van der Waals surface area contributed by atoms with E-state index in [0.717, 1.165) is 96.5 Å². The third-order valence-electron chi connectivity index (χ3n) is 16.5. The van der Waals surface area contributed by atoms with Gasteiger partial charge >= 0.3 is 5.69 Å². The predicted octanol–water partition coefficient (Wildman–Crippen LogP) is 5.52. The molecule has 1 aromatic rings. The average Bonchev–Trinajstić information content (AvgIpc) is 3.93. The average molecular weight is 833 g/mol. The highest BCUT2D eigenvalue weighted by molar-refractivity contribution is 5.27. The van der Waals surface area contributed by atoms with Crippen molar-refractivity contribution in [1.29, 1.82) is 0 Å². The van der Waals surface area contributed by atoms with E-state index in [0.29, 0.717) is 19.4 Å². The minimum absolute atomic E-state index is 0.321. The molecule has 7 rings (SSSR count). The van der Waals surface area contributed by atoms with Gasteiger partial charge in [0, 0.05) is 6.54 Å². The van der Waals surface area contributed by atoms with Crippen LogP contribution in [0, 0.1) is 53.3 Å². The van der Waals surface area contributed by atoms with Crippen molar-refractivity contribution in [3.05, 3.63) is 10.5 Å². The van der Waals surface area contributed by atoms with Crippen LogP contribution < -0.4 is 5.69 Å². The fourth-order valence-electron chi connectivity index (χ4n) is 13.7. The summed E-state index contributed by atoms with van der Waals surface area (Å²) in [6.45, 7) is 1.58. The van der Waals surface area contributed by atoms with Gasteiger partial charge in [0.05, 0.1) is 19.3 Å². The molecule has 13 heteroatoms. The number of hydrogen-bond donors (Lipinski definition) is 6. The summed E-state index contributed by atoms with van der Waals surface area (Å²) in [6.07, 6.45) is 18.4. The molecule has 14 unspecified atom stereocenters. The minimum Gasteiger partial charge on any atom is -0.394 e. The molecule has 6 aliphatic rings. The lowest BCUT2D eigenvalue weighted by molar-refractivity contribution is -0.304. The van der Waals surface area contributed by atoms with Crippen molar-refractivity contribution in [2.24, 2.45) is 53.3 Å². The maximum Gasteiger partial charge on any atom is 0.364 e. The highest BCUT2D eigenvalue weighted by atomic mass is 16.7. The van der Waals surface area contributed by atoms with Crippen molar-refractivity contribution in [3.8, 4) is 0 Å². The van der Waals surface area contributed by atoms with E-state index in [1.54, 1.807) is 12.8 Å². The van der Waals surface area contributed by atoms with Crippen LogP contribution in [0.1, 0.15) is 167 Å². The molecule has 0 aromatic carbocycles. The van der Waals surface area contributed by atoms with Gasteiger partial charge in [-0.05, 0) is 95.8 Å². The second kappa shape index (κ2) is 21.8. The second-order valence-corrected chi connectivity index (χ2v) is 20.0. The topological polar surface area (TPSA) is 193 Å². The number of rotatable bonds is 31. The summed E-state index contributed by atoms with van der Waals surface area (Å²) < 4.78 is 13.6. The zero-order valence-corrected chi connectivity index (χ0v) is 36.1. The summed E-state index contributed by atoms with van der Waals surface area (Å²) in [5.74, 6) is 10.1. The molecule has 5 saturated carbocycles. The number of nitrogens with zero attached hydrogens (tertiary/aromatic N) is 4. The number of aliphatic hydroxyl groups excluding tert-OH is 6. The molecule has 0 amide bonds. The summed E-state index contributed by atoms with van der Waals surface area (Å²) in [5, 5.41) is 71.3. The van der Waals surface area contributed by atoms with Crippen LogP contribution in [0.25, 0.3) is 0 Å². The van der Waals surface area contributed by atoms with Crippen LogP contribution in [0.5, 0.6) is 0 Å². The standard InChI is InChI=1S/C46H80N4O9/c1-2-3-4-5-6-7-8-9-10-14-17-20-23-35(52)41(53)34(28-58-45-44(56)43(55)42(54)36(27-51)59-45)50-46(57)49(47-48-50)24-21-18-15-12-11-13-16-19-22-29-37-30-25-33-38(29)40-32(37)26-31(30)39(33)40/h29-45,51-56H,2-28H2,1H3/t29?,30?,31?,32?,33?,34-,35+,36?,37?,38?,39?,40?,41-,42?,43?,44?,45?/m0/s1. The highest BCUT2D eigenvalue weighted by Crippen LogP contribution is 2.84. The number of ether oxygens (including phenoxy) is 2. The summed E-state index contributed by atoms with van der Waals surface area (Å²) in [5.41, 5.74) is -0.540. The van der Waals surface area contributed by atoms with Crippen molar-refractivity contribution in [1.82, 2.24) is 19.8 Å². The number of tetrazole rings is 1. The SMILES string of the molecule is CCCCCCCCCCCCCC[C@@H](O)[C@@H](O)[C@H](COC1OC(CO)C(O)C(O)C1O)n1nnn(CCCCCCCCCCC2C3C4CC5C6C4CC3C6C25)c1=O. The van der Waals surface area contributed by atoms with Crippen LogP contribution >= 0.6 is 0 Å². The smallest absolute Gasteiger partial charge is 0.364 e. The first-order valence-corrected chi connectivity index (χ1v) is 24.6. The van der Waals surface area contributed by atoms with E-state index in [1.165, 1.54) is 94.6 Å².